The monoisotopic (exact) mass is 274 g/mol. The topological polar surface area (TPSA) is 17.8 Å². The van der Waals surface area contributed by atoms with Gasteiger partial charge in [-0.2, -0.15) is 5.10 Å². The van der Waals surface area contributed by atoms with Crippen molar-refractivity contribution in [2.24, 2.45) is 0 Å². The maximum Gasteiger partial charge on any atom is 0.0821 e. The van der Waals surface area contributed by atoms with E-state index in [1.54, 1.807) is 6.20 Å². The van der Waals surface area contributed by atoms with Crippen LogP contribution in [0.1, 0.15) is 63.6 Å². The average Bonchev–Trinajstić information content (AvgIpc) is 2.52. The number of hydrogen-bond donors (Lipinski definition) is 0. The van der Waals surface area contributed by atoms with E-state index in [4.69, 9.17) is 23.2 Å². The lowest BCUT2D eigenvalue weighted by molar-refractivity contribution is 0.466. The molecular weight excluding hydrogens is 255 g/mol. The van der Waals surface area contributed by atoms with Crippen LogP contribution in [0.15, 0.2) is 6.20 Å². The molecule has 0 bridgehead atoms. The highest BCUT2D eigenvalue weighted by atomic mass is 35.5. The lowest BCUT2D eigenvalue weighted by Gasteiger charge is -2.23. The van der Waals surface area contributed by atoms with Gasteiger partial charge in [0.2, 0.25) is 0 Å². The van der Waals surface area contributed by atoms with Crippen LogP contribution in [0.25, 0.3) is 0 Å². The summed E-state index contributed by atoms with van der Waals surface area (Å²) in [6.45, 7) is 4.26. The molecule has 0 spiro atoms. The van der Waals surface area contributed by atoms with E-state index >= 15 is 0 Å². The zero-order valence-electron chi connectivity index (χ0n) is 10.5. The normalized spacial score (nSPS) is 26.2. The van der Waals surface area contributed by atoms with Crippen molar-refractivity contribution in [1.82, 2.24) is 9.78 Å². The minimum absolute atomic E-state index is 0.198. The van der Waals surface area contributed by atoms with Crippen molar-refractivity contribution in [2.45, 2.75) is 63.3 Å². The summed E-state index contributed by atoms with van der Waals surface area (Å²) in [6, 6.07) is 0.338. The van der Waals surface area contributed by atoms with Crippen molar-refractivity contribution in [3.8, 4) is 0 Å². The van der Waals surface area contributed by atoms with Crippen molar-refractivity contribution in [3.63, 3.8) is 0 Å². The molecule has 96 valence electrons. The molecule has 0 aliphatic heterocycles. The minimum atomic E-state index is 0.198. The number of hydrogen-bond acceptors (Lipinski definition) is 1. The summed E-state index contributed by atoms with van der Waals surface area (Å²) in [5, 5.41) is 5.35. The van der Waals surface area contributed by atoms with Crippen LogP contribution in [-0.4, -0.2) is 15.2 Å². The second-order valence-electron chi connectivity index (χ2n) is 5.18. The van der Waals surface area contributed by atoms with E-state index in [2.05, 4.69) is 18.9 Å². The molecular formula is C13H20Cl2N2. The Kier molecular flexibility index (Phi) is 4.37. The fraction of sp³-hybridized carbons (Fsp3) is 0.769. The van der Waals surface area contributed by atoms with Crippen molar-refractivity contribution in [2.75, 3.05) is 0 Å². The van der Waals surface area contributed by atoms with Crippen molar-refractivity contribution in [1.29, 1.82) is 0 Å². The molecule has 1 aromatic rings. The van der Waals surface area contributed by atoms with Gasteiger partial charge in [-0.3, -0.25) is 4.68 Å². The van der Waals surface area contributed by atoms with E-state index in [1.165, 1.54) is 19.3 Å². The van der Waals surface area contributed by atoms with Gasteiger partial charge < -0.3 is 0 Å². The summed E-state index contributed by atoms with van der Waals surface area (Å²) >= 11 is 12.8. The molecule has 0 saturated heterocycles. The lowest BCUT2D eigenvalue weighted by Crippen LogP contribution is -2.18. The van der Waals surface area contributed by atoms with Crippen LogP contribution in [-0.2, 0) is 0 Å². The van der Waals surface area contributed by atoms with Crippen LogP contribution in [0, 0.1) is 0 Å². The molecule has 2 nitrogen and oxygen atoms in total. The van der Waals surface area contributed by atoms with Gasteiger partial charge in [0.25, 0.3) is 0 Å². The molecule has 0 radical (unpaired) electrons. The Morgan fingerprint density at radius 1 is 1.29 bits per heavy atom. The standard InChI is InChI=1S/C13H20Cl2N2/c1-9(2)17-13(12(15)8-16-17)10-6-4-3-5-7-11(10)14/h8-11H,3-7H2,1-2H3. The van der Waals surface area contributed by atoms with Crippen LogP contribution in [0.4, 0.5) is 0 Å². The van der Waals surface area contributed by atoms with E-state index in [0.717, 1.165) is 23.6 Å². The van der Waals surface area contributed by atoms with Gasteiger partial charge in [0.05, 0.1) is 16.9 Å². The summed E-state index contributed by atoms with van der Waals surface area (Å²) in [6.07, 6.45) is 7.74. The Hall–Kier alpha value is -0.210. The molecule has 17 heavy (non-hydrogen) atoms. The Labute approximate surface area is 113 Å². The van der Waals surface area contributed by atoms with Crippen LogP contribution in [0.3, 0.4) is 0 Å². The molecule has 4 heteroatoms. The van der Waals surface area contributed by atoms with Crippen molar-refractivity contribution < 1.29 is 0 Å². The summed E-state index contributed by atoms with van der Waals surface area (Å²) in [4.78, 5) is 0. The number of alkyl halides is 1. The molecule has 0 aromatic carbocycles. The average molecular weight is 275 g/mol. The summed E-state index contributed by atoms with van der Waals surface area (Å²) in [5.74, 6) is 0.358. The SMILES string of the molecule is CC(C)n1ncc(Cl)c1C1CCCCCC1Cl. The van der Waals surface area contributed by atoms with Gasteiger partial charge in [0.1, 0.15) is 0 Å². The molecule has 1 saturated carbocycles. The summed E-state index contributed by atoms with van der Waals surface area (Å²) in [5.41, 5.74) is 1.14. The smallest absolute Gasteiger partial charge is 0.0821 e. The molecule has 1 aliphatic rings. The second-order valence-corrected chi connectivity index (χ2v) is 6.14. The quantitative estimate of drug-likeness (QED) is 0.561. The zero-order valence-corrected chi connectivity index (χ0v) is 12.0. The molecule has 2 unspecified atom stereocenters. The molecule has 2 atom stereocenters. The van der Waals surface area contributed by atoms with Gasteiger partial charge in [0, 0.05) is 17.3 Å². The van der Waals surface area contributed by atoms with Crippen LogP contribution >= 0.6 is 23.2 Å². The van der Waals surface area contributed by atoms with Crippen molar-refractivity contribution in [3.05, 3.63) is 16.9 Å². The van der Waals surface area contributed by atoms with Gasteiger partial charge in [-0.05, 0) is 26.7 Å². The lowest BCUT2D eigenvalue weighted by atomic mass is 9.95. The van der Waals surface area contributed by atoms with Crippen LogP contribution in [0.5, 0.6) is 0 Å². The third kappa shape index (κ3) is 2.79. The Morgan fingerprint density at radius 2 is 2.00 bits per heavy atom. The Balaban J connectivity index is 2.33. The fourth-order valence-electron chi connectivity index (χ4n) is 2.68. The molecule has 1 aliphatic carbocycles. The molecule has 1 fully saturated rings. The van der Waals surface area contributed by atoms with Crippen LogP contribution < -0.4 is 0 Å². The third-order valence-corrected chi connectivity index (χ3v) is 4.37. The van der Waals surface area contributed by atoms with Gasteiger partial charge >= 0.3 is 0 Å². The molecule has 0 N–H and O–H groups in total. The first-order chi connectivity index (χ1) is 8.11. The third-order valence-electron chi connectivity index (χ3n) is 3.56. The summed E-state index contributed by atoms with van der Waals surface area (Å²) in [7, 11) is 0. The van der Waals surface area contributed by atoms with E-state index in [-0.39, 0.29) is 5.38 Å². The number of rotatable bonds is 2. The molecule has 0 amide bonds. The minimum Gasteiger partial charge on any atom is -0.265 e. The zero-order chi connectivity index (χ0) is 12.4. The first kappa shape index (κ1) is 13.2. The first-order valence-corrected chi connectivity index (χ1v) is 7.29. The van der Waals surface area contributed by atoms with Gasteiger partial charge in [-0.1, -0.05) is 30.9 Å². The van der Waals surface area contributed by atoms with E-state index in [9.17, 15) is 0 Å². The predicted molar refractivity (Wildman–Crippen MR) is 73.1 cm³/mol. The van der Waals surface area contributed by atoms with Gasteiger partial charge in [-0.25, -0.2) is 0 Å². The summed E-state index contributed by atoms with van der Waals surface area (Å²) < 4.78 is 2.04. The number of nitrogens with zero attached hydrogens (tertiary/aromatic N) is 2. The Morgan fingerprint density at radius 3 is 2.71 bits per heavy atom. The fourth-order valence-corrected chi connectivity index (χ4v) is 3.35. The van der Waals surface area contributed by atoms with Crippen molar-refractivity contribution >= 4 is 23.2 Å². The highest BCUT2D eigenvalue weighted by Crippen LogP contribution is 2.39. The van der Waals surface area contributed by atoms with E-state index < -0.39 is 0 Å². The predicted octanol–water partition coefficient (Wildman–Crippen LogP) is 4.77. The van der Waals surface area contributed by atoms with Gasteiger partial charge in [0.15, 0.2) is 0 Å². The largest absolute Gasteiger partial charge is 0.265 e. The molecule has 1 heterocycles. The highest BCUT2D eigenvalue weighted by Gasteiger charge is 2.29. The molecule has 1 aromatic heterocycles. The van der Waals surface area contributed by atoms with Gasteiger partial charge in [-0.15, -0.1) is 11.6 Å². The maximum atomic E-state index is 6.53. The number of halogens is 2. The number of aromatic nitrogens is 2. The Bertz CT molecular complexity index is 373. The molecule has 2 rings (SSSR count). The first-order valence-electron chi connectivity index (χ1n) is 6.48. The van der Waals surface area contributed by atoms with E-state index in [1.807, 2.05) is 4.68 Å². The van der Waals surface area contributed by atoms with E-state index in [0.29, 0.717) is 12.0 Å². The second kappa shape index (κ2) is 5.62. The highest BCUT2D eigenvalue weighted by molar-refractivity contribution is 6.31. The maximum absolute atomic E-state index is 6.53. The van der Waals surface area contributed by atoms with Crippen LogP contribution in [0.2, 0.25) is 5.02 Å².